The van der Waals surface area contributed by atoms with E-state index in [-0.39, 0.29) is 147 Å². The molecule has 0 spiro atoms. The van der Waals surface area contributed by atoms with Crippen LogP contribution in [0.25, 0.3) is 0 Å². The van der Waals surface area contributed by atoms with E-state index < -0.39 is 71.9 Å². The van der Waals surface area contributed by atoms with Crippen LogP contribution in [-0.4, -0.2) is 170 Å². The number of nitrogens with zero attached hydrogens (tertiary/aromatic N) is 4. The summed E-state index contributed by atoms with van der Waals surface area (Å²) < 4.78 is 42.8. The molecular formula is C64H80N8O20. The van der Waals surface area contributed by atoms with Gasteiger partial charge in [-0.2, -0.15) is 0 Å². The molecule has 0 aliphatic carbocycles. The Morgan fingerprint density at radius 3 is 0.663 bits per heavy atom. The Hall–Kier alpha value is -10.3. The van der Waals surface area contributed by atoms with Crippen LogP contribution in [0.3, 0.4) is 0 Å². The summed E-state index contributed by atoms with van der Waals surface area (Å²) in [6, 6.07) is 12.1. The molecule has 0 bridgehead atoms. The zero-order valence-corrected chi connectivity index (χ0v) is 53.0. The Kier molecular flexibility index (Phi) is 29.2. The fourth-order valence-electron chi connectivity index (χ4n) is 8.42. The molecule has 1 fully saturated rings. The van der Waals surface area contributed by atoms with Crippen molar-refractivity contribution in [1.29, 1.82) is 0 Å². The Morgan fingerprint density at radius 2 is 0.500 bits per heavy atom. The highest BCUT2D eigenvalue weighted by Gasteiger charge is 2.29. The first-order chi connectivity index (χ1) is 44.0. The maximum atomic E-state index is 14.9. The summed E-state index contributed by atoms with van der Waals surface area (Å²) in [5.41, 5.74) is -0.174. The van der Waals surface area contributed by atoms with Gasteiger partial charge >= 0.3 is 48.7 Å². The van der Waals surface area contributed by atoms with Crippen LogP contribution in [0.5, 0.6) is 23.0 Å². The predicted molar refractivity (Wildman–Crippen MR) is 336 cm³/mol. The molecule has 28 heteroatoms. The number of anilines is 4. The number of urea groups is 4. The minimum absolute atomic E-state index is 0.0270. The van der Waals surface area contributed by atoms with E-state index in [9.17, 15) is 57.5 Å². The first-order valence-corrected chi connectivity index (χ1v) is 30.3. The number of rotatable bonds is 24. The van der Waals surface area contributed by atoms with E-state index in [1.165, 1.54) is 120 Å². The maximum Gasteiger partial charge on any atom is 0.513 e. The predicted octanol–water partition coefficient (Wildman–Crippen LogP) is 12.2. The second-order valence-corrected chi connectivity index (χ2v) is 21.0. The van der Waals surface area contributed by atoms with Crippen LogP contribution < -0.4 is 40.2 Å². The largest absolute Gasteiger partial charge is 0.513 e. The number of ketones is 4. The van der Waals surface area contributed by atoms with Gasteiger partial charge in [0.1, 0.15) is 0 Å². The number of carbonyl (C=O) groups is 12. The van der Waals surface area contributed by atoms with Gasteiger partial charge in [-0.1, -0.05) is 53.4 Å². The molecular weight excluding hydrogens is 1200 g/mol. The molecule has 0 saturated carbocycles. The van der Waals surface area contributed by atoms with Crippen LogP contribution in [0, 0.1) is 0 Å². The Balaban J connectivity index is 1.64. The van der Waals surface area contributed by atoms with Gasteiger partial charge in [-0.3, -0.25) is 19.2 Å². The van der Waals surface area contributed by atoms with Crippen LogP contribution in [0.4, 0.5) is 61.1 Å². The van der Waals surface area contributed by atoms with Crippen LogP contribution >= 0.6 is 0 Å². The number of nitrogens with one attached hydrogen (secondary N) is 4. The smallest absolute Gasteiger partial charge is 0.434 e. The van der Waals surface area contributed by atoms with Crippen LogP contribution in [0.15, 0.2) is 72.8 Å². The second kappa shape index (κ2) is 37.0. The number of hydrogen-bond donors (Lipinski definition) is 4. The molecule has 1 saturated heterocycles. The van der Waals surface area contributed by atoms with Gasteiger partial charge < -0.3 is 78.8 Å². The average molecular weight is 1280 g/mol. The highest BCUT2D eigenvalue weighted by atomic mass is 16.7. The molecule has 8 amide bonds. The Morgan fingerprint density at radius 1 is 0.315 bits per heavy atom. The number of carbonyl (C=O) groups excluding carboxylic acids is 12. The van der Waals surface area contributed by atoms with E-state index in [0.29, 0.717) is 51.4 Å². The molecule has 1 aliphatic rings. The minimum atomic E-state index is -1.10. The summed E-state index contributed by atoms with van der Waals surface area (Å²) in [5, 5.41) is 10.8. The van der Waals surface area contributed by atoms with Gasteiger partial charge in [0.25, 0.3) is 0 Å². The molecule has 5 rings (SSSR count). The Bertz CT molecular complexity index is 2870. The fraction of sp³-hybridized carbons (Fsp3) is 0.438. The number of unbranched alkanes of at least 4 members (excludes halogenated alkanes) is 4. The number of benzene rings is 4. The van der Waals surface area contributed by atoms with Crippen molar-refractivity contribution >= 4 is 94.6 Å². The van der Waals surface area contributed by atoms with E-state index in [1.807, 2.05) is 27.7 Å². The zero-order chi connectivity index (χ0) is 67.3. The highest BCUT2D eigenvalue weighted by Crippen LogP contribution is 2.32. The molecule has 1 aliphatic heterocycles. The third-order valence-corrected chi connectivity index (χ3v) is 13.9. The van der Waals surface area contributed by atoms with Crippen LogP contribution in [0.2, 0.25) is 0 Å². The van der Waals surface area contributed by atoms with Crippen molar-refractivity contribution in [2.24, 2.45) is 0 Å². The van der Waals surface area contributed by atoms with E-state index in [1.54, 1.807) is 0 Å². The molecule has 4 aromatic carbocycles. The first kappa shape index (κ1) is 72.5. The van der Waals surface area contributed by atoms with Gasteiger partial charge in [0.05, 0.1) is 49.2 Å². The lowest BCUT2D eigenvalue weighted by Gasteiger charge is -2.34. The Labute approximate surface area is 532 Å². The molecule has 0 radical (unpaired) electrons. The molecule has 496 valence electrons. The second-order valence-electron chi connectivity index (χ2n) is 21.0. The number of ether oxygens (including phenoxy) is 8. The van der Waals surface area contributed by atoms with E-state index in [4.69, 9.17) is 37.9 Å². The summed E-state index contributed by atoms with van der Waals surface area (Å²) in [7, 11) is 0. The minimum Gasteiger partial charge on any atom is -0.434 e. The molecule has 28 nitrogen and oxygen atoms in total. The molecule has 0 atom stereocenters. The third kappa shape index (κ3) is 23.3. The first-order valence-electron chi connectivity index (χ1n) is 30.3. The van der Waals surface area contributed by atoms with Gasteiger partial charge in [-0.05, 0) is 126 Å². The van der Waals surface area contributed by atoms with Crippen molar-refractivity contribution in [3.8, 4) is 23.0 Å². The summed E-state index contributed by atoms with van der Waals surface area (Å²) in [5.74, 6) is -2.50. The molecule has 0 aromatic heterocycles. The van der Waals surface area contributed by atoms with E-state index in [2.05, 4.69) is 21.3 Å². The number of amides is 8. The normalized spacial score (nSPS) is 12.5. The summed E-state index contributed by atoms with van der Waals surface area (Å²) in [6.45, 7) is 9.74. The highest BCUT2D eigenvalue weighted by molar-refractivity contribution is 6.02. The topological polar surface area (TPSA) is 340 Å². The third-order valence-electron chi connectivity index (χ3n) is 13.9. The van der Waals surface area contributed by atoms with Crippen LogP contribution in [0.1, 0.15) is 148 Å². The van der Waals surface area contributed by atoms with Crippen molar-refractivity contribution in [2.45, 2.75) is 107 Å². The van der Waals surface area contributed by atoms with Gasteiger partial charge in [0.2, 0.25) is 0 Å². The molecule has 92 heavy (non-hydrogen) atoms. The van der Waals surface area contributed by atoms with Gasteiger partial charge in [-0.25, -0.2) is 38.4 Å². The SMILES string of the molecule is CCCCOC(=O)Oc1ccc(C(C)=O)cc1NC(=O)N1CCN(C(=O)Nc2cc(C(C)=O)ccc2OC(=O)OCCCC)CCN(C(=O)Nc2cc(C(C)=O)ccc2OC(=O)OCCCC)CCN(C(=O)Nc2cc(C(C)=O)ccc2OC(=O)OCCCC)CC1. The lowest BCUT2D eigenvalue weighted by Crippen LogP contribution is -2.52. The molecule has 0 unspecified atom stereocenters. The van der Waals surface area contributed by atoms with Gasteiger partial charge in [0, 0.05) is 74.6 Å². The fourth-order valence-corrected chi connectivity index (χ4v) is 8.42. The van der Waals surface area contributed by atoms with E-state index in [0.717, 1.165) is 0 Å². The van der Waals surface area contributed by atoms with E-state index >= 15 is 0 Å². The van der Waals surface area contributed by atoms with Crippen LogP contribution in [-0.2, 0) is 18.9 Å². The average Bonchev–Trinajstić information content (AvgIpc) is 0.981. The van der Waals surface area contributed by atoms with Gasteiger partial charge in [-0.15, -0.1) is 0 Å². The summed E-state index contributed by atoms with van der Waals surface area (Å²) >= 11 is 0. The van der Waals surface area contributed by atoms with Crippen molar-refractivity contribution < 1.29 is 95.4 Å². The van der Waals surface area contributed by atoms with Crippen molar-refractivity contribution in [3.05, 3.63) is 95.1 Å². The zero-order valence-electron chi connectivity index (χ0n) is 53.0. The number of hydrogen-bond acceptors (Lipinski definition) is 20. The van der Waals surface area contributed by atoms with Gasteiger partial charge in [0.15, 0.2) is 46.1 Å². The monoisotopic (exact) mass is 1280 g/mol. The maximum absolute atomic E-state index is 14.9. The van der Waals surface area contributed by atoms with Crippen molar-refractivity contribution in [1.82, 2.24) is 19.6 Å². The van der Waals surface area contributed by atoms with Crippen molar-refractivity contribution in [2.75, 3.05) is 100 Å². The molecule has 4 N–H and O–H groups in total. The molecule has 1 heterocycles. The number of Topliss-reactive ketones (excluding diaryl/α,β-unsaturated/α-hetero) is 4. The summed E-state index contributed by atoms with van der Waals surface area (Å²) in [4.78, 5) is 167. The standard InChI is InChI=1S/C64H80N8O20/c1-9-13-33-85-61(81)89-53-21-17-45(41(5)73)37-49(53)65-57(77)69-25-27-70(58(78)66-50-38-46(42(6)74)18-22-54(50)90-62(82)86-34-14-10-2)29-31-72(60(80)68-52-40-48(44(8)76)20-24-56(52)92-64(84)88-36-16-12-4)32-30-71(28-26-69)59(79)67-51-39-47(43(7)75)19-23-55(51)91-63(83)87-35-15-11-3/h17-24,37-40H,9-16,25-36H2,1-8H3,(H,65,77)(H,66,78)(H,67,79)(H,68,80). The summed E-state index contributed by atoms with van der Waals surface area (Å²) in [6.07, 6.45) is 0.508. The lowest BCUT2D eigenvalue weighted by atomic mass is 10.1. The lowest BCUT2D eigenvalue weighted by molar-refractivity contribution is 0.0968. The molecule has 4 aromatic rings. The quantitative estimate of drug-likeness (QED) is 0.0166. The van der Waals surface area contributed by atoms with Crippen molar-refractivity contribution in [3.63, 3.8) is 0 Å².